The summed E-state index contributed by atoms with van der Waals surface area (Å²) in [6.07, 6.45) is 0. The van der Waals surface area contributed by atoms with Crippen LogP contribution in [0.3, 0.4) is 0 Å². The van der Waals surface area contributed by atoms with Gasteiger partial charge in [0.25, 0.3) is 0 Å². The zero-order valence-corrected chi connectivity index (χ0v) is 10.9. The van der Waals surface area contributed by atoms with E-state index in [0.717, 1.165) is 18.2 Å². The Kier molecular flexibility index (Phi) is 4.46. The lowest BCUT2D eigenvalue weighted by molar-refractivity contribution is -0.114. The standard InChI is InChI=1S/C15H11F2N3O/c16-11-5-12(17)7-14(6-11)19-9-15(21)20-13-3-1-2-10(4-13)8-18/h1-7,19H,9H2,(H,20,21). The van der Waals surface area contributed by atoms with E-state index in [9.17, 15) is 13.6 Å². The van der Waals surface area contributed by atoms with Crippen molar-refractivity contribution < 1.29 is 13.6 Å². The van der Waals surface area contributed by atoms with Gasteiger partial charge in [-0.2, -0.15) is 5.26 Å². The second kappa shape index (κ2) is 6.48. The van der Waals surface area contributed by atoms with E-state index in [1.807, 2.05) is 6.07 Å². The zero-order chi connectivity index (χ0) is 15.2. The summed E-state index contributed by atoms with van der Waals surface area (Å²) >= 11 is 0. The number of carbonyl (C=O) groups excluding carboxylic acids is 1. The number of nitrogens with zero attached hydrogens (tertiary/aromatic N) is 1. The molecule has 0 saturated carbocycles. The molecule has 0 aliphatic carbocycles. The number of carbonyl (C=O) groups is 1. The molecule has 2 N–H and O–H groups in total. The molecule has 6 heteroatoms. The highest BCUT2D eigenvalue weighted by atomic mass is 19.1. The Bertz CT molecular complexity index is 690. The largest absolute Gasteiger partial charge is 0.376 e. The predicted octanol–water partition coefficient (Wildman–Crippen LogP) is 2.89. The molecule has 0 aliphatic heterocycles. The van der Waals surface area contributed by atoms with E-state index in [1.165, 1.54) is 6.07 Å². The van der Waals surface area contributed by atoms with Crippen LogP contribution in [0.25, 0.3) is 0 Å². The number of anilines is 2. The maximum atomic E-state index is 13.0. The topological polar surface area (TPSA) is 64.9 Å². The molecule has 0 unspecified atom stereocenters. The Hall–Kier alpha value is -2.94. The fourth-order valence-electron chi connectivity index (χ4n) is 1.71. The third-order valence-electron chi connectivity index (χ3n) is 2.59. The Labute approximate surface area is 120 Å². The molecule has 21 heavy (non-hydrogen) atoms. The summed E-state index contributed by atoms with van der Waals surface area (Å²) in [4.78, 5) is 11.7. The van der Waals surface area contributed by atoms with Gasteiger partial charge >= 0.3 is 0 Å². The summed E-state index contributed by atoms with van der Waals surface area (Å²) in [5.74, 6) is -1.84. The highest BCUT2D eigenvalue weighted by Crippen LogP contribution is 2.13. The van der Waals surface area contributed by atoms with Gasteiger partial charge in [0, 0.05) is 17.4 Å². The molecule has 0 aromatic heterocycles. The molecule has 0 bridgehead atoms. The highest BCUT2D eigenvalue weighted by Gasteiger charge is 2.05. The molecule has 2 aromatic rings. The third-order valence-corrected chi connectivity index (χ3v) is 2.59. The average Bonchev–Trinajstić information content (AvgIpc) is 2.44. The fraction of sp³-hybridized carbons (Fsp3) is 0.0667. The van der Waals surface area contributed by atoms with E-state index in [2.05, 4.69) is 10.6 Å². The van der Waals surface area contributed by atoms with Crippen LogP contribution in [0, 0.1) is 23.0 Å². The Morgan fingerprint density at radius 2 is 1.81 bits per heavy atom. The summed E-state index contributed by atoms with van der Waals surface area (Å²) in [7, 11) is 0. The molecule has 0 spiro atoms. The molecule has 0 radical (unpaired) electrons. The fourth-order valence-corrected chi connectivity index (χ4v) is 1.71. The van der Waals surface area contributed by atoms with Crippen molar-refractivity contribution >= 4 is 17.3 Å². The van der Waals surface area contributed by atoms with E-state index in [-0.39, 0.29) is 12.2 Å². The minimum atomic E-state index is -0.723. The lowest BCUT2D eigenvalue weighted by atomic mass is 10.2. The molecule has 2 aromatic carbocycles. The Balaban J connectivity index is 1.94. The quantitative estimate of drug-likeness (QED) is 0.908. The summed E-state index contributed by atoms with van der Waals surface area (Å²) in [6, 6.07) is 11.3. The number of hydrogen-bond donors (Lipinski definition) is 2. The second-order valence-electron chi connectivity index (χ2n) is 4.25. The molecular weight excluding hydrogens is 276 g/mol. The van der Waals surface area contributed by atoms with Gasteiger partial charge < -0.3 is 10.6 Å². The van der Waals surface area contributed by atoms with E-state index < -0.39 is 17.5 Å². The van der Waals surface area contributed by atoms with Crippen molar-refractivity contribution in [3.63, 3.8) is 0 Å². The van der Waals surface area contributed by atoms with Crippen LogP contribution in [-0.2, 0) is 4.79 Å². The number of halogens is 2. The first-order valence-electron chi connectivity index (χ1n) is 6.07. The molecule has 0 saturated heterocycles. The molecule has 106 valence electrons. The highest BCUT2D eigenvalue weighted by molar-refractivity contribution is 5.93. The van der Waals surface area contributed by atoms with Crippen LogP contribution < -0.4 is 10.6 Å². The van der Waals surface area contributed by atoms with Crippen LogP contribution in [0.1, 0.15) is 5.56 Å². The van der Waals surface area contributed by atoms with Crippen molar-refractivity contribution in [2.75, 3.05) is 17.2 Å². The summed E-state index contributed by atoms with van der Waals surface area (Å²) in [5, 5.41) is 13.9. The van der Waals surface area contributed by atoms with Gasteiger partial charge in [0.1, 0.15) is 11.6 Å². The maximum absolute atomic E-state index is 13.0. The van der Waals surface area contributed by atoms with Gasteiger partial charge in [0.2, 0.25) is 5.91 Å². The van der Waals surface area contributed by atoms with Gasteiger partial charge in [0.15, 0.2) is 0 Å². The summed E-state index contributed by atoms with van der Waals surface area (Å²) in [6.45, 7) is -0.153. The van der Waals surface area contributed by atoms with Crippen molar-refractivity contribution in [2.24, 2.45) is 0 Å². The Morgan fingerprint density at radius 1 is 1.10 bits per heavy atom. The van der Waals surface area contributed by atoms with Crippen LogP contribution >= 0.6 is 0 Å². The first kappa shape index (κ1) is 14.5. The van der Waals surface area contributed by atoms with E-state index in [0.29, 0.717) is 11.3 Å². The first-order chi connectivity index (χ1) is 10.1. The van der Waals surface area contributed by atoms with E-state index in [4.69, 9.17) is 5.26 Å². The smallest absolute Gasteiger partial charge is 0.243 e. The monoisotopic (exact) mass is 287 g/mol. The van der Waals surface area contributed by atoms with Crippen LogP contribution in [0.4, 0.5) is 20.2 Å². The van der Waals surface area contributed by atoms with Gasteiger partial charge in [-0.25, -0.2) is 8.78 Å². The number of nitrogens with one attached hydrogen (secondary N) is 2. The number of amides is 1. The molecule has 0 aliphatic rings. The van der Waals surface area contributed by atoms with Crippen molar-refractivity contribution in [1.82, 2.24) is 0 Å². The number of hydrogen-bond acceptors (Lipinski definition) is 3. The molecule has 2 rings (SSSR count). The van der Waals surface area contributed by atoms with Crippen molar-refractivity contribution in [1.29, 1.82) is 5.26 Å². The normalized spacial score (nSPS) is 9.76. The molecular formula is C15H11F2N3O. The van der Waals surface area contributed by atoms with Gasteiger partial charge in [-0.05, 0) is 30.3 Å². The summed E-state index contributed by atoms with van der Waals surface area (Å²) < 4.78 is 25.9. The average molecular weight is 287 g/mol. The molecule has 0 atom stereocenters. The number of benzene rings is 2. The SMILES string of the molecule is N#Cc1cccc(NC(=O)CNc2cc(F)cc(F)c2)c1. The molecule has 1 amide bonds. The van der Waals surface area contributed by atoms with Crippen LogP contribution in [0.2, 0.25) is 0 Å². The van der Waals surface area contributed by atoms with Gasteiger partial charge in [-0.3, -0.25) is 4.79 Å². The summed E-state index contributed by atoms with van der Waals surface area (Å²) in [5.41, 5.74) is 1.08. The van der Waals surface area contributed by atoms with Gasteiger partial charge in [-0.1, -0.05) is 6.07 Å². The molecule has 4 nitrogen and oxygen atoms in total. The Morgan fingerprint density at radius 3 is 2.48 bits per heavy atom. The maximum Gasteiger partial charge on any atom is 0.243 e. The van der Waals surface area contributed by atoms with Crippen molar-refractivity contribution in [2.45, 2.75) is 0 Å². The molecule has 0 fully saturated rings. The lowest BCUT2D eigenvalue weighted by Crippen LogP contribution is -2.21. The minimum Gasteiger partial charge on any atom is -0.376 e. The minimum absolute atomic E-state index is 0.153. The third kappa shape index (κ3) is 4.28. The second-order valence-corrected chi connectivity index (χ2v) is 4.25. The first-order valence-corrected chi connectivity index (χ1v) is 6.07. The zero-order valence-electron chi connectivity index (χ0n) is 10.9. The number of rotatable bonds is 4. The van der Waals surface area contributed by atoms with Crippen LogP contribution in [-0.4, -0.2) is 12.5 Å². The van der Waals surface area contributed by atoms with Crippen LogP contribution in [0.15, 0.2) is 42.5 Å². The van der Waals surface area contributed by atoms with Gasteiger partial charge in [-0.15, -0.1) is 0 Å². The predicted molar refractivity (Wildman–Crippen MR) is 74.6 cm³/mol. The van der Waals surface area contributed by atoms with Crippen molar-refractivity contribution in [3.05, 3.63) is 59.7 Å². The lowest BCUT2D eigenvalue weighted by Gasteiger charge is -2.08. The van der Waals surface area contributed by atoms with Crippen molar-refractivity contribution in [3.8, 4) is 6.07 Å². The van der Waals surface area contributed by atoms with Gasteiger partial charge in [0.05, 0.1) is 18.2 Å². The van der Waals surface area contributed by atoms with Crippen LogP contribution in [0.5, 0.6) is 0 Å². The van der Waals surface area contributed by atoms with E-state index in [1.54, 1.807) is 18.2 Å². The molecule has 0 heterocycles. The van der Waals surface area contributed by atoms with E-state index >= 15 is 0 Å². The number of nitriles is 1.